The van der Waals surface area contributed by atoms with Crippen LogP contribution >= 0.6 is 11.3 Å². The molecular weight excluding hydrogens is 544 g/mol. The van der Waals surface area contributed by atoms with Crippen LogP contribution in [0.2, 0.25) is 0 Å². The maximum Gasteiger partial charge on any atom is 0.350 e. The lowest BCUT2D eigenvalue weighted by atomic mass is 9.94. The fourth-order valence-electron chi connectivity index (χ4n) is 5.05. The number of aliphatic hydroxyl groups is 1. The number of thiazole rings is 1. The van der Waals surface area contributed by atoms with Gasteiger partial charge in [0.05, 0.1) is 30.5 Å². The molecule has 1 fully saturated rings. The monoisotopic (exact) mass is 576 g/mol. The van der Waals surface area contributed by atoms with E-state index in [-0.39, 0.29) is 34.1 Å². The molecule has 0 unspecified atom stereocenters. The van der Waals surface area contributed by atoms with Gasteiger partial charge in [-0.25, -0.2) is 9.78 Å². The number of hydrogen-bond donors (Lipinski definition) is 1. The number of aryl methyl sites for hydroxylation is 1. The topological polar surface area (TPSA) is 115 Å². The lowest BCUT2D eigenvalue weighted by molar-refractivity contribution is -0.132. The number of rotatable bonds is 9. The van der Waals surface area contributed by atoms with Gasteiger partial charge in [-0.05, 0) is 68.7 Å². The molecule has 0 radical (unpaired) electrons. The summed E-state index contributed by atoms with van der Waals surface area (Å²) in [5, 5.41) is 11.7. The summed E-state index contributed by atoms with van der Waals surface area (Å²) in [7, 11) is 0. The Bertz CT molecular complexity index is 1540. The highest BCUT2D eigenvalue weighted by atomic mass is 32.1. The van der Waals surface area contributed by atoms with E-state index in [0.29, 0.717) is 35.6 Å². The molecule has 9 nitrogen and oxygen atoms in total. The zero-order valence-corrected chi connectivity index (χ0v) is 24.2. The maximum atomic E-state index is 13.6. The predicted octanol–water partition coefficient (Wildman–Crippen LogP) is 5.76. The SMILES string of the molecule is CCCCOc1cccc([C@@H]2C(=C(O)c3ccc4c(c3)C[C@@H](C)O4)C(=O)C(=O)N2c2nc(C)c(C(=O)OCC)s2)c1. The second-order valence-electron chi connectivity index (χ2n) is 10.0. The first kappa shape index (κ1) is 28.4. The van der Waals surface area contributed by atoms with Crippen molar-refractivity contribution in [2.24, 2.45) is 0 Å². The number of carbonyl (C=O) groups is 3. The summed E-state index contributed by atoms with van der Waals surface area (Å²) in [6.45, 7) is 8.08. The van der Waals surface area contributed by atoms with Gasteiger partial charge in [0.15, 0.2) is 5.13 Å². The molecule has 2 aromatic carbocycles. The number of aliphatic hydroxyl groups excluding tert-OH is 1. The number of nitrogens with zero attached hydrogens (tertiary/aromatic N) is 2. The van der Waals surface area contributed by atoms with Crippen molar-refractivity contribution in [3.05, 3.63) is 75.3 Å². The highest BCUT2D eigenvalue weighted by Crippen LogP contribution is 2.45. The summed E-state index contributed by atoms with van der Waals surface area (Å²) in [6.07, 6.45) is 2.51. The van der Waals surface area contributed by atoms with E-state index in [1.165, 1.54) is 4.90 Å². The second kappa shape index (κ2) is 11.7. The van der Waals surface area contributed by atoms with E-state index in [1.54, 1.807) is 56.3 Å². The molecule has 1 amide bonds. The van der Waals surface area contributed by atoms with Gasteiger partial charge in [-0.2, -0.15) is 0 Å². The number of Topliss-reactive ketones (excluding diaryl/α,β-unsaturated/α-hetero) is 1. The molecular formula is C31H32N2O7S. The fraction of sp³-hybridized carbons (Fsp3) is 0.355. The van der Waals surface area contributed by atoms with E-state index in [9.17, 15) is 19.5 Å². The van der Waals surface area contributed by atoms with Crippen LogP contribution in [-0.4, -0.2) is 47.1 Å². The Kier molecular flexibility index (Phi) is 8.12. The first-order chi connectivity index (χ1) is 19.7. The zero-order chi connectivity index (χ0) is 29.3. The van der Waals surface area contributed by atoms with Crippen LogP contribution in [0.5, 0.6) is 11.5 Å². The van der Waals surface area contributed by atoms with Crippen molar-refractivity contribution >= 4 is 39.9 Å². The van der Waals surface area contributed by atoms with Gasteiger partial charge in [-0.3, -0.25) is 14.5 Å². The molecule has 1 saturated heterocycles. The molecule has 0 bridgehead atoms. The van der Waals surface area contributed by atoms with E-state index in [0.717, 1.165) is 35.5 Å². The lowest BCUT2D eigenvalue weighted by Crippen LogP contribution is -2.29. The molecule has 3 aromatic rings. The average molecular weight is 577 g/mol. The van der Waals surface area contributed by atoms with Gasteiger partial charge >= 0.3 is 11.9 Å². The molecule has 2 aliphatic heterocycles. The summed E-state index contributed by atoms with van der Waals surface area (Å²) >= 11 is 0.971. The van der Waals surface area contributed by atoms with Gasteiger partial charge in [0.2, 0.25) is 0 Å². The number of anilines is 1. The molecule has 1 N–H and O–H groups in total. The Labute approximate surface area is 242 Å². The van der Waals surface area contributed by atoms with Crippen LogP contribution in [0.1, 0.15) is 71.7 Å². The molecule has 2 aliphatic rings. The quantitative estimate of drug-likeness (QED) is 0.112. The second-order valence-corrected chi connectivity index (χ2v) is 11.0. The van der Waals surface area contributed by atoms with Gasteiger partial charge in [0.25, 0.3) is 5.78 Å². The molecule has 0 spiro atoms. The van der Waals surface area contributed by atoms with Crippen molar-refractivity contribution in [2.45, 2.75) is 59.1 Å². The Balaban J connectivity index is 1.64. The highest BCUT2D eigenvalue weighted by Gasteiger charge is 2.48. The van der Waals surface area contributed by atoms with Crippen LogP contribution in [0.25, 0.3) is 5.76 Å². The van der Waals surface area contributed by atoms with E-state index in [4.69, 9.17) is 14.2 Å². The minimum absolute atomic E-state index is 0.00478. The first-order valence-corrected chi connectivity index (χ1v) is 14.5. The lowest BCUT2D eigenvalue weighted by Gasteiger charge is -2.23. The van der Waals surface area contributed by atoms with Crippen LogP contribution in [0.15, 0.2) is 48.0 Å². The Morgan fingerprint density at radius 3 is 2.76 bits per heavy atom. The number of amides is 1. The number of ketones is 1. The molecule has 5 rings (SSSR count). The average Bonchev–Trinajstić information content (AvgIpc) is 3.60. The molecule has 41 heavy (non-hydrogen) atoms. The normalized spacial score (nSPS) is 19.3. The van der Waals surface area contributed by atoms with Crippen molar-refractivity contribution in [1.29, 1.82) is 0 Å². The third kappa shape index (κ3) is 5.44. The maximum absolute atomic E-state index is 13.6. The van der Waals surface area contributed by atoms with E-state index in [1.807, 2.05) is 6.92 Å². The largest absolute Gasteiger partial charge is 0.507 e. The van der Waals surface area contributed by atoms with Crippen LogP contribution in [0, 0.1) is 6.92 Å². The Morgan fingerprint density at radius 1 is 1.20 bits per heavy atom. The van der Waals surface area contributed by atoms with Crippen molar-refractivity contribution < 1.29 is 33.7 Å². The molecule has 1 aromatic heterocycles. The summed E-state index contributed by atoms with van der Waals surface area (Å²) in [6, 6.07) is 11.3. The van der Waals surface area contributed by atoms with Crippen LogP contribution in [0.4, 0.5) is 5.13 Å². The number of aromatic nitrogens is 1. The standard InChI is InChI=1S/C31H32N2O7S/c1-5-7-13-39-22-10-8-9-19(16-22)25-24(26(34)20-11-12-23-21(15-20)14-17(3)40-23)27(35)29(36)33(25)31-32-18(4)28(41-31)30(37)38-6-2/h8-12,15-17,25,34H,5-7,13-14H2,1-4H3/t17-,25-/m1/s1. The first-order valence-electron chi connectivity index (χ1n) is 13.7. The molecule has 3 heterocycles. The summed E-state index contributed by atoms with van der Waals surface area (Å²) < 4.78 is 16.9. The van der Waals surface area contributed by atoms with Gasteiger partial charge in [0.1, 0.15) is 28.2 Å². The van der Waals surface area contributed by atoms with Crippen molar-refractivity contribution in [3.63, 3.8) is 0 Å². The Hall–Kier alpha value is -4.18. The number of fused-ring (bicyclic) bond motifs is 1. The number of carbonyl (C=O) groups excluding carboxylic acids is 3. The number of ether oxygens (including phenoxy) is 3. The molecule has 10 heteroatoms. The minimum atomic E-state index is -1.01. The number of hydrogen-bond acceptors (Lipinski definition) is 9. The van der Waals surface area contributed by atoms with Gasteiger partial charge < -0.3 is 19.3 Å². The van der Waals surface area contributed by atoms with E-state index < -0.39 is 23.7 Å². The summed E-state index contributed by atoms with van der Waals surface area (Å²) in [5.41, 5.74) is 2.19. The van der Waals surface area contributed by atoms with E-state index in [2.05, 4.69) is 11.9 Å². The smallest absolute Gasteiger partial charge is 0.350 e. The molecule has 0 saturated carbocycles. The molecule has 0 aliphatic carbocycles. The number of benzene rings is 2. The summed E-state index contributed by atoms with van der Waals surface area (Å²) in [4.78, 5) is 45.7. The minimum Gasteiger partial charge on any atom is -0.507 e. The van der Waals surface area contributed by atoms with Crippen LogP contribution < -0.4 is 14.4 Å². The van der Waals surface area contributed by atoms with Gasteiger partial charge in [-0.1, -0.05) is 36.8 Å². The number of esters is 1. The molecule has 214 valence electrons. The predicted molar refractivity (Wildman–Crippen MR) is 155 cm³/mol. The summed E-state index contributed by atoms with van der Waals surface area (Å²) in [5.74, 6) is -1.24. The zero-order valence-electron chi connectivity index (χ0n) is 23.4. The van der Waals surface area contributed by atoms with E-state index >= 15 is 0 Å². The van der Waals surface area contributed by atoms with Gasteiger partial charge in [0, 0.05) is 12.0 Å². The third-order valence-electron chi connectivity index (χ3n) is 7.01. The fourth-order valence-corrected chi connectivity index (χ4v) is 6.04. The number of unbranched alkanes of at least 4 members (excludes halogenated alkanes) is 1. The third-order valence-corrected chi connectivity index (χ3v) is 8.14. The van der Waals surface area contributed by atoms with Gasteiger partial charge in [-0.15, -0.1) is 0 Å². The highest BCUT2D eigenvalue weighted by molar-refractivity contribution is 7.17. The van der Waals surface area contributed by atoms with Crippen LogP contribution in [0.3, 0.4) is 0 Å². The Morgan fingerprint density at radius 2 is 2.00 bits per heavy atom. The molecule has 2 atom stereocenters. The van der Waals surface area contributed by atoms with Crippen molar-refractivity contribution in [2.75, 3.05) is 18.1 Å². The van der Waals surface area contributed by atoms with Crippen LogP contribution in [-0.2, 0) is 20.7 Å². The van der Waals surface area contributed by atoms with Crippen molar-refractivity contribution in [3.8, 4) is 11.5 Å². The van der Waals surface area contributed by atoms with Crippen molar-refractivity contribution in [1.82, 2.24) is 4.98 Å².